The second kappa shape index (κ2) is 3.11. The summed E-state index contributed by atoms with van der Waals surface area (Å²) in [6, 6.07) is 0. The molecule has 1 aliphatic rings. The summed E-state index contributed by atoms with van der Waals surface area (Å²) in [5.41, 5.74) is 7.27. The van der Waals surface area contributed by atoms with Gasteiger partial charge in [0.05, 0.1) is 23.6 Å². The van der Waals surface area contributed by atoms with Crippen LogP contribution in [0.2, 0.25) is 0 Å². The van der Waals surface area contributed by atoms with Gasteiger partial charge in [0.15, 0.2) is 0 Å². The Balaban J connectivity index is 2.02. The lowest BCUT2D eigenvalue weighted by Crippen LogP contribution is -2.38. The molecule has 4 heteroatoms. The lowest BCUT2D eigenvalue weighted by molar-refractivity contribution is 0.433. The molecular weight excluding hydrogens is 170 g/mol. The van der Waals surface area contributed by atoms with Crippen LogP contribution in [-0.4, -0.2) is 14.3 Å². The molecule has 0 aromatic carbocycles. The van der Waals surface area contributed by atoms with E-state index >= 15 is 0 Å². The van der Waals surface area contributed by atoms with Crippen LogP contribution in [0, 0.1) is 0 Å². The van der Waals surface area contributed by atoms with E-state index in [9.17, 15) is 0 Å². The van der Waals surface area contributed by atoms with Crippen molar-refractivity contribution in [2.24, 2.45) is 5.73 Å². The Morgan fingerprint density at radius 1 is 1.50 bits per heavy atom. The van der Waals surface area contributed by atoms with Crippen LogP contribution in [0.3, 0.4) is 0 Å². The fourth-order valence-electron chi connectivity index (χ4n) is 1.88. The summed E-state index contributed by atoms with van der Waals surface area (Å²) >= 11 is 1.27. The standard InChI is InChI=1S/C8H13N3S/c9-8(3-1-2-4-8)5-7-6-10-12-11-7/h6H,1-5,9H2. The van der Waals surface area contributed by atoms with Gasteiger partial charge in [0.25, 0.3) is 0 Å². The number of rotatable bonds is 2. The summed E-state index contributed by atoms with van der Waals surface area (Å²) in [5, 5.41) is 0. The molecule has 12 heavy (non-hydrogen) atoms. The SMILES string of the molecule is NC1(Cc2cnsn2)CCCC1. The summed E-state index contributed by atoms with van der Waals surface area (Å²) in [6.45, 7) is 0. The fraction of sp³-hybridized carbons (Fsp3) is 0.750. The van der Waals surface area contributed by atoms with E-state index in [0.29, 0.717) is 0 Å². The average molecular weight is 183 g/mol. The Morgan fingerprint density at radius 2 is 2.25 bits per heavy atom. The summed E-state index contributed by atoms with van der Waals surface area (Å²) in [6.07, 6.45) is 7.57. The minimum absolute atomic E-state index is 0.0236. The first-order valence-corrected chi connectivity index (χ1v) is 5.07. The van der Waals surface area contributed by atoms with Gasteiger partial charge in [-0.2, -0.15) is 8.75 Å². The normalized spacial score (nSPS) is 21.4. The molecule has 0 atom stereocenters. The second-order valence-electron chi connectivity index (χ2n) is 3.65. The van der Waals surface area contributed by atoms with Crippen LogP contribution in [0.1, 0.15) is 31.4 Å². The molecule has 0 amide bonds. The summed E-state index contributed by atoms with van der Waals surface area (Å²) in [7, 11) is 0. The van der Waals surface area contributed by atoms with Crippen molar-refractivity contribution in [2.75, 3.05) is 0 Å². The molecule has 0 aliphatic heterocycles. The van der Waals surface area contributed by atoms with Crippen molar-refractivity contribution in [3.05, 3.63) is 11.9 Å². The van der Waals surface area contributed by atoms with Crippen molar-refractivity contribution in [1.29, 1.82) is 0 Å². The molecule has 0 unspecified atom stereocenters. The van der Waals surface area contributed by atoms with Gasteiger partial charge in [0.1, 0.15) is 0 Å². The molecule has 1 aromatic rings. The second-order valence-corrected chi connectivity index (χ2v) is 4.20. The van der Waals surface area contributed by atoms with Gasteiger partial charge in [0.2, 0.25) is 0 Å². The molecule has 1 saturated carbocycles. The van der Waals surface area contributed by atoms with Crippen molar-refractivity contribution in [1.82, 2.24) is 8.75 Å². The zero-order valence-corrected chi connectivity index (χ0v) is 7.81. The van der Waals surface area contributed by atoms with Crippen LogP contribution >= 0.6 is 11.7 Å². The van der Waals surface area contributed by atoms with Gasteiger partial charge in [-0.3, -0.25) is 0 Å². The lowest BCUT2D eigenvalue weighted by Gasteiger charge is -2.21. The van der Waals surface area contributed by atoms with Crippen LogP contribution in [0.15, 0.2) is 6.20 Å². The number of hydrogen-bond donors (Lipinski definition) is 1. The van der Waals surface area contributed by atoms with E-state index in [1.54, 1.807) is 0 Å². The highest BCUT2D eigenvalue weighted by Gasteiger charge is 2.29. The van der Waals surface area contributed by atoms with Crippen molar-refractivity contribution >= 4 is 11.7 Å². The molecular formula is C8H13N3S. The molecule has 1 aliphatic carbocycles. The molecule has 1 heterocycles. The average Bonchev–Trinajstić information content (AvgIpc) is 2.62. The van der Waals surface area contributed by atoms with Crippen LogP contribution in [0.4, 0.5) is 0 Å². The minimum Gasteiger partial charge on any atom is -0.325 e. The van der Waals surface area contributed by atoms with Crippen LogP contribution < -0.4 is 5.73 Å². The van der Waals surface area contributed by atoms with E-state index in [4.69, 9.17) is 5.73 Å². The fourth-order valence-corrected chi connectivity index (χ4v) is 2.31. The maximum Gasteiger partial charge on any atom is 0.0761 e. The highest BCUT2D eigenvalue weighted by Crippen LogP contribution is 2.29. The topological polar surface area (TPSA) is 51.8 Å². The Kier molecular flexibility index (Phi) is 2.11. The number of nitrogens with zero attached hydrogens (tertiary/aromatic N) is 2. The van der Waals surface area contributed by atoms with Crippen LogP contribution in [0.25, 0.3) is 0 Å². The predicted octanol–water partition coefficient (Wildman–Crippen LogP) is 1.35. The summed E-state index contributed by atoms with van der Waals surface area (Å²) < 4.78 is 8.15. The van der Waals surface area contributed by atoms with Gasteiger partial charge in [-0.25, -0.2) is 0 Å². The van der Waals surface area contributed by atoms with E-state index in [1.807, 2.05) is 6.20 Å². The molecule has 1 fully saturated rings. The van der Waals surface area contributed by atoms with Gasteiger partial charge < -0.3 is 5.73 Å². The van der Waals surface area contributed by atoms with Gasteiger partial charge in [-0.05, 0) is 12.8 Å². The predicted molar refractivity (Wildman–Crippen MR) is 49.0 cm³/mol. The van der Waals surface area contributed by atoms with E-state index < -0.39 is 0 Å². The Bertz CT molecular complexity index is 239. The molecule has 3 nitrogen and oxygen atoms in total. The minimum atomic E-state index is 0.0236. The summed E-state index contributed by atoms with van der Waals surface area (Å²) in [4.78, 5) is 0. The zero-order chi connectivity index (χ0) is 8.44. The summed E-state index contributed by atoms with van der Waals surface area (Å²) in [5.74, 6) is 0. The van der Waals surface area contributed by atoms with Crippen molar-refractivity contribution < 1.29 is 0 Å². The van der Waals surface area contributed by atoms with Gasteiger partial charge in [0, 0.05) is 12.0 Å². The molecule has 0 saturated heterocycles. The molecule has 2 N–H and O–H groups in total. The smallest absolute Gasteiger partial charge is 0.0761 e. The van der Waals surface area contributed by atoms with Crippen LogP contribution in [0.5, 0.6) is 0 Å². The van der Waals surface area contributed by atoms with Crippen molar-refractivity contribution in [2.45, 2.75) is 37.6 Å². The quantitative estimate of drug-likeness (QED) is 0.753. The maximum atomic E-state index is 6.19. The number of nitrogens with two attached hydrogens (primary N) is 1. The number of aromatic nitrogens is 2. The third kappa shape index (κ3) is 1.64. The van der Waals surface area contributed by atoms with Crippen molar-refractivity contribution in [3.63, 3.8) is 0 Å². The molecule has 1 aromatic heterocycles. The Hall–Kier alpha value is -0.480. The molecule has 0 bridgehead atoms. The first kappa shape index (κ1) is 8.13. The van der Waals surface area contributed by atoms with Gasteiger partial charge in [-0.15, -0.1) is 0 Å². The third-order valence-corrected chi connectivity index (χ3v) is 3.06. The highest BCUT2D eigenvalue weighted by molar-refractivity contribution is 6.99. The van der Waals surface area contributed by atoms with E-state index in [1.165, 1.54) is 24.6 Å². The zero-order valence-electron chi connectivity index (χ0n) is 6.99. The van der Waals surface area contributed by atoms with Gasteiger partial charge >= 0.3 is 0 Å². The molecule has 2 rings (SSSR count). The van der Waals surface area contributed by atoms with Gasteiger partial charge in [-0.1, -0.05) is 12.8 Å². The molecule has 0 spiro atoms. The first-order valence-electron chi connectivity index (χ1n) is 4.34. The van der Waals surface area contributed by atoms with E-state index in [0.717, 1.165) is 25.0 Å². The van der Waals surface area contributed by atoms with Crippen LogP contribution in [-0.2, 0) is 6.42 Å². The Labute approximate surface area is 76.3 Å². The highest BCUT2D eigenvalue weighted by atomic mass is 32.1. The Morgan fingerprint density at radius 3 is 2.83 bits per heavy atom. The molecule has 66 valence electrons. The largest absolute Gasteiger partial charge is 0.325 e. The van der Waals surface area contributed by atoms with Crippen molar-refractivity contribution in [3.8, 4) is 0 Å². The third-order valence-electron chi connectivity index (χ3n) is 2.54. The maximum absolute atomic E-state index is 6.19. The van der Waals surface area contributed by atoms with E-state index in [-0.39, 0.29) is 5.54 Å². The first-order chi connectivity index (χ1) is 5.79. The van der Waals surface area contributed by atoms with E-state index in [2.05, 4.69) is 8.75 Å². The monoisotopic (exact) mass is 183 g/mol. The number of hydrogen-bond acceptors (Lipinski definition) is 4. The molecule has 0 radical (unpaired) electrons. The lowest BCUT2D eigenvalue weighted by atomic mass is 9.93.